The van der Waals surface area contributed by atoms with E-state index in [4.69, 9.17) is 15.6 Å². The third kappa shape index (κ3) is 5.85. The molecule has 0 spiro atoms. The normalized spacial score (nSPS) is 16.6. The summed E-state index contributed by atoms with van der Waals surface area (Å²) in [5.41, 5.74) is 4.89. The number of nitrogen functional groups attached to an aromatic ring is 1. The maximum atomic E-state index is 13.7. The zero-order valence-electron chi connectivity index (χ0n) is 18.8. The number of carbonyl (C=O) groups excluding carboxylic acids is 1. The van der Waals surface area contributed by atoms with Gasteiger partial charge in [-0.1, -0.05) is 0 Å². The number of alkyl halides is 2. The molecule has 1 amide bonds. The molecule has 188 valence electrons. The molecule has 0 saturated carbocycles. The van der Waals surface area contributed by atoms with E-state index in [0.29, 0.717) is 58.4 Å². The van der Waals surface area contributed by atoms with Crippen LogP contribution in [0.15, 0.2) is 6.20 Å². The number of anilines is 3. The first kappa shape index (κ1) is 24.4. The van der Waals surface area contributed by atoms with Crippen LogP contribution in [0.4, 0.5) is 26.6 Å². The van der Waals surface area contributed by atoms with Crippen molar-refractivity contribution in [3.8, 4) is 11.4 Å². The van der Waals surface area contributed by atoms with E-state index in [9.17, 15) is 18.4 Å². The predicted molar refractivity (Wildman–Crippen MR) is 119 cm³/mol. The van der Waals surface area contributed by atoms with Crippen molar-refractivity contribution in [2.75, 3.05) is 68.0 Å². The number of piperazine rings is 1. The molecule has 4 rings (SSSR count). The molecule has 2 aromatic rings. The highest BCUT2D eigenvalue weighted by Gasteiger charge is 2.27. The third-order valence-corrected chi connectivity index (χ3v) is 5.66. The predicted octanol–water partition coefficient (Wildman–Crippen LogP) is 0.198. The molecule has 35 heavy (non-hydrogen) atoms. The summed E-state index contributed by atoms with van der Waals surface area (Å²) in [6.45, 7) is 3.44. The molecule has 2 saturated heterocycles. The fourth-order valence-corrected chi connectivity index (χ4v) is 3.80. The van der Waals surface area contributed by atoms with Crippen LogP contribution >= 0.6 is 0 Å². The minimum absolute atomic E-state index is 0.00763. The molecule has 13 nitrogen and oxygen atoms in total. The van der Waals surface area contributed by atoms with Crippen molar-refractivity contribution in [3.05, 3.63) is 11.9 Å². The van der Waals surface area contributed by atoms with Crippen LogP contribution in [-0.2, 0) is 14.3 Å². The fourth-order valence-electron chi connectivity index (χ4n) is 3.80. The van der Waals surface area contributed by atoms with Gasteiger partial charge in [0.1, 0.15) is 5.69 Å². The van der Waals surface area contributed by atoms with Gasteiger partial charge in [0.2, 0.25) is 23.8 Å². The number of carboxylic acids is 1. The van der Waals surface area contributed by atoms with Crippen molar-refractivity contribution in [1.29, 1.82) is 0 Å². The number of halogens is 2. The summed E-state index contributed by atoms with van der Waals surface area (Å²) < 4.78 is 32.8. The molecule has 2 aliphatic heterocycles. The lowest BCUT2D eigenvalue weighted by molar-refractivity contribution is -0.141. The van der Waals surface area contributed by atoms with Gasteiger partial charge in [-0.15, -0.1) is 0 Å². The second kappa shape index (κ2) is 10.7. The SMILES string of the molecule is Nc1ncc(-c2nc(N3CCOCC3)nc(N3CCN(C(=O)CCC(=O)O)CC3)n2)c(C(F)F)n1. The van der Waals surface area contributed by atoms with E-state index in [1.54, 1.807) is 4.90 Å². The van der Waals surface area contributed by atoms with E-state index in [0.717, 1.165) is 0 Å². The van der Waals surface area contributed by atoms with Crippen LogP contribution in [0.1, 0.15) is 25.0 Å². The second-order valence-electron chi connectivity index (χ2n) is 7.95. The first-order valence-corrected chi connectivity index (χ1v) is 11.1. The number of hydrogen-bond acceptors (Lipinski definition) is 11. The quantitative estimate of drug-likeness (QED) is 0.539. The Morgan fingerprint density at radius 3 is 2.20 bits per heavy atom. The Morgan fingerprint density at radius 2 is 1.60 bits per heavy atom. The van der Waals surface area contributed by atoms with Crippen molar-refractivity contribution >= 4 is 29.7 Å². The van der Waals surface area contributed by atoms with Gasteiger partial charge >= 0.3 is 5.97 Å². The second-order valence-corrected chi connectivity index (χ2v) is 7.95. The van der Waals surface area contributed by atoms with Gasteiger partial charge in [-0.25, -0.2) is 18.7 Å². The number of nitrogens with zero attached hydrogens (tertiary/aromatic N) is 8. The van der Waals surface area contributed by atoms with Crippen molar-refractivity contribution < 1.29 is 28.2 Å². The minimum atomic E-state index is -2.91. The number of morpholine rings is 1. The lowest BCUT2D eigenvalue weighted by atomic mass is 10.2. The number of nitrogens with two attached hydrogens (primary N) is 1. The number of rotatable bonds is 7. The number of ether oxygens (including phenoxy) is 1. The van der Waals surface area contributed by atoms with Crippen LogP contribution in [0.3, 0.4) is 0 Å². The summed E-state index contributed by atoms with van der Waals surface area (Å²) in [5, 5.41) is 8.80. The van der Waals surface area contributed by atoms with Crippen molar-refractivity contribution in [3.63, 3.8) is 0 Å². The molecule has 0 aromatic carbocycles. The van der Waals surface area contributed by atoms with Gasteiger partial charge in [0.25, 0.3) is 6.43 Å². The van der Waals surface area contributed by atoms with E-state index >= 15 is 0 Å². The number of aliphatic carboxylic acids is 1. The van der Waals surface area contributed by atoms with E-state index in [-0.39, 0.29) is 42.0 Å². The summed E-state index contributed by atoms with van der Waals surface area (Å²) in [4.78, 5) is 49.3. The van der Waals surface area contributed by atoms with Gasteiger partial charge in [0, 0.05) is 51.9 Å². The lowest BCUT2D eigenvalue weighted by Gasteiger charge is -2.35. The third-order valence-electron chi connectivity index (χ3n) is 5.66. The van der Waals surface area contributed by atoms with Crippen molar-refractivity contribution in [2.45, 2.75) is 19.3 Å². The van der Waals surface area contributed by atoms with E-state index < -0.39 is 18.1 Å². The van der Waals surface area contributed by atoms with E-state index in [2.05, 4.69) is 24.9 Å². The number of carbonyl (C=O) groups is 2. The zero-order chi connectivity index (χ0) is 24.9. The van der Waals surface area contributed by atoms with Crippen LogP contribution in [0.25, 0.3) is 11.4 Å². The Morgan fingerprint density at radius 1 is 0.971 bits per heavy atom. The maximum Gasteiger partial charge on any atom is 0.303 e. The Balaban J connectivity index is 1.62. The molecule has 2 aliphatic rings. The Kier molecular flexibility index (Phi) is 7.43. The first-order chi connectivity index (χ1) is 16.8. The summed E-state index contributed by atoms with van der Waals surface area (Å²) in [5.74, 6) is -0.975. The van der Waals surface area contributed by atoms with Crippen LogP contribution in [0.5, 0.6) is 0 Å². The molecule has 4 heterocycles. The average Bonchev–Trinajstić information content (AvgIpc) is 2.87. The van der Waals surface area contributed by atoms with Gasteiger partial charge in [-0.3, -0.25) is 9.59 Å². The molecule has 2 fully saturated rings. The van der Waals surface area contributed by atoms with Gasteiger partial charge in [0.15, 0.2) is 5.82 Å². The Bertz CT molecular complexity index is 1080. The minimum Gasteiger partial charge on any atom is -0.481 e. The average molecular weight is 493 g/mol. The summed E-state index contributed by atoms with van der Waals surface area (Å²) in [6.07, 6.45) is -2.04. The van der Waals surface area contributed by atoms with Crippen molar-refractivity contribution in [1.82, 2.24) is 29.8 Å². The highest BCUT2D eigenvalue weighted by molar-refractivity contribution is 5.81. The molecular formula is C20H25F2N9O4. The van der Waals surface area contributed by atoms with Crippen LogP contribution in [-0.4, -0.2) is 99.3 Å². The zero-order valence-corrected chi connectivity index (χ0v) is 18.8. The molecule has 2 aromatic heterocycles. The van der Waals surface area contributed by atoms with Gasteiger partial charge in [-0.2, -0.15) is 15.0 Å². The smallest absolute Gasteiger partial charge is 0.303 e. The number of hydrogen-bond donors (Lipinski definition) is 2. The largest absolute Gasteiger partial charge is 0.481 e. The van der Waals surface area contributed by atoms with Crippen LogP contribution < -0.4 is 15.5 Å². The fraction of sp³-hybridized carbons (Fsp3) is 0.550. The molecule has 0 atom stereocenters. The standard InChI is InChI=1S/C20H25F2N9O4/c21-16(22)15-12(11-24-18(23)25-15)17-26-19(28-20(27-17)31-7-9-35-10-8-31)30-5-3-29(4-6-30)13(32)1-2-14(33)34/h11,16H,1-10H2,(H,33,34)(H2,23,24,25). The van der Waals surface area contributed by atoms with Crippen molar-refractivity contribution in [2.24, 2.45) is 0 Å². The molecule has 0 aliphatic carbocycles. The summed E-state index contributed by atoms with van der Waals surface area (Å²) in [7, 11) is 0. The molecule has 0 unspecified atom stereocenters. The Hall–Kier alpha value is -3.75. The lowest BCUT2D eigenvalue weighted by Crippen LogP contribution is -2.49. The monoisotopic (exact) mass is 493 g/mol. The molecule has 3 N–H and O–H groups in total. The van der Waals surface area contributed by atoms with E-state index in [1.807, 2.05) is 9.80 Å². The van der Waals surface area contributed by atoms with Gasteiger partial charge in [0.05, 0.1) is 25.2 Å². The van der Waals surface area contributed by atoms with E-state index in [1.165, 1.54) is 6.20 Å². The molecule has 15 heteroatoms. The Labute approximate surface area is 199 Å². The van der Waals surface area contributed by atoms with Gasteiger partial charge < -0.3 is 30.3 Å². The number of amides is 1. The highest BCUT2D eigenvalue weighted by atomic mass is 19.3. The summed E-state index contributed by atoms with van der Waals surface area (Å²) in [6, 6.07) is 0. The molecular weight excluding hydrogens is 468 g/mol. The topological polar surface area (TPSA) is 164 Å². The maximum absolute atomic E-state index is 13.7. The first-order valence-electron chi connectivity index (χ1n) is 11.1. The van der Waals surface area contributed by atoms with Gasteiger partial charge in [-0.05, 0) is 0 Å². The summed E-state index contributed by atoms with van der Waals surface area (Å²) >= 11 is 0. The number of carboxylic acid groups (broad SMARTS) is 1. The van der Waals surface area contributed by atoms with Crippen LogP contribution in [0, 0.1) is 0 Å². The highest BCUT2D eigenvalue weighted by Crippen LogP contribution is 2.30. The molecule has 0 bridgehead atoms. The molecule has 0 radical (unpaired) electrons. The van der Waals surface area contributed by atoms with Crippen LogP contribution in [0.2, 0.25) is 0 Å². The number of aromatic nitrogens is 5.